The smallest absolute Gasteiger partial charge is 0.246 e. The summed E-state index contributed by atoms with van der Waals surface area (Å²) in [7, 11) is 0. The van der Waals surface area contributed by atoms with Gasteiger partial charge in [-0.1, -0.05) is 0 Å². The van der Waals surface area contributed by atoms with E-state index in [1.165, 1.54) is 15.6 Å². The molecule has 0 unspecified atom stereocenters. The third-order valence-electron chi connectivity index (χ3n) is 2.69. The molecule has 0 saturated carbocycles. The zero-order chi connectivity index (χ0) is 13.2. The number of nitrogens with two attached hydrogens (primary N) is 1. The van der Waals surface area contributed by atoms with Gasteiger partial charge in [-0.05, 0) is 35.0 Å². The first-order valence-electron chi connectivity index (χ1n) is 5.76. The molecule has 1 aromatic carbocycles. The van der Waals surface area contributed by atoms with Gasteiger partial charge in [0, 0.05) is 16.6 Å². The number of nitrogen functional groups attached to an aromatic ring is 1. The number of anilines is 2. The molecular weight excluding hydrogens is 260 g/mol. The van der Waals surface area contributed by atoms with Crippen LogP contribution in [0.25, 0.3) is 10.1 Å². The minimum absolute atomic E-state index is 0.127. The molecule has 0 bridgehead atoms. The van der Waals surface area contributed by atoms with Crippen LogP contribution < -0.4 is 11.1 Å². The maximum atomic E-state index is 11.9. The average molecular weight is 272 g/mol. The van der Waals surface area contributed by atoms with Crippen molar-refractivity contribution in [1.82, 2.24) is 9.78 Å². The summed E-state index contributed by atoms with van der Waals surface area (Å²) in [5.74, 6) is -0.127. The topological polar surface area (TPSA) is 72.9 Å². The summed E-state index contributed by atoms with van der Waals surface area (Å²) in [6.45, 7) is 0.152. The predicted molar refractivity (Wildman–Crippen MR) is 77.1 cm³/mol. The Morgan fingerprint density at radius 1 is 1.42 bits per heavy atom. The van der Waals surface area contributed by atoms with Gasteiger partial charge in [-0.3, -0.25) is 9.48 Å². The van der Waals surface area contributed by atoms with Crippen LogP contribution in [0.15, 0.2) is 42.0 Å². The Bertz CT molecular complexity index is 731. The second kappa shape index (κ2) is 4.74. The summed E-state index contributed by atoms with van der Waals surface area (Å²) in [6, 6.07) is 7.89. The molecule has 0 aliphatic carbocycles. The fraction of sp³-hybridized carbons (Fsp3) is 0.0769. The van der Waals surface area contributed by atoms with Gasteiger partial charge in [0.1, 0.15) is 6.54 Å². The van der Waals surface area contributed by atoms with Crippen LogP contribution in [0.4, 0.5) is 11.4 Å². The van der Waals surface area contributed by atoms with Gasteiger partial charge in [0.2, 0.25) is 5.91 Å². The lowest BCUT2D eigenvalue weighted by Crippen LogP contribution is -2.18. The highest BCUT2D eigenvalue weighted by molar-refractivity contribution is 7.17. The summed E-state index contributed by atoms with van der Waals surface area (Å²) < 4.78 is 2.71. The SMILES string of the molecule is Nc1cnn(CC(=O)Nc2ccc3sccc3c2)c1. The summed E-state index contributed by atoms with van der Waals surface area (Å²) in [5, 5.41) is 9.98. The maximum Gasteiger partial charge on any atom is 0.246 e. The first kappa shape index (κ1) is 11.7. The van der Waals surface area contributed by atoms with E-state index in [1.54, 1.807) is 17.5 Å². The van der Waals surface area contributed by atoms with Gasteiger partial charge in [-0.15, -0.1) is 11.3 Å². The number of hydrogen-bond acceptors (Lipinski definition) is 4. The number of thiophene rings is 1. The molecule has 0 spiro atoms. The van der Waals surface area contributed by atoms with Crippen molar-refractivity contribution >= 4 is 38.7 Å². The fourth-order valence-electron chi connectivity index (χ4n) is 1.86. The lowest BCUT2D eigenvalue weighted by atomic mass is 10.2. The molecule has 5 nitrogen and oxygen atoms in total. The minimum Gasteiger partial charge on any atom is -0.396 e. The van der Waals surface area contributed by atoms with Crippen LogP contribution in [-0.4, -0.2) is 15.7 Å². The lowest BCUT2D eigenvalue weighted by Gasteiger charge is -2.05. The molecule has 19 heavy (non-hydrogen) atoms. The third kappa shape index (κ3) is 2.58. The first-order valence-corrected chi connectivity index (χ1v) is 6.64. The number of nitrogens with one attached hydrogen (secondary N) is 1. The van der Waals surface area contributed by atoms with Crippen molar-refractivity contribution in [3.63, 3.8) is 0 Å². The Kier molecular flexibility index (Phi) is 2.92. The summed E-state index contributed by atoms with van der Waals surface area (Å²) in [4.78, 5) is 11.9. The molecule has 0 fully saturated rings. The van der Waals surface area contributed by atoms with E-state index in [-0.39, 0.29) is 12.5 Å². The largest absolute Gasteiger partial charge is 0.396 e. The van der Waals surface area contributed by atoms with Gasteiger partial charge in [0.15, 0.2) is 0 Å². The Morgan fingerprint density at radius 2 is 2.32 bits per heavy atom. The van der Waals surface area contributed by atoms with Crippen molar-refractivity contribution in [2.75, 3.05) is 11.1 Å². The second-order valence-corrected chi connectivity index (χ2v) is 5.14. The van der Waals surface area contributed by atoms with E-state index in [0.29, 0.717) is 5.69 Å². The van der Waals surface area contributed by atoms with E-state index in [0.717, 1.165) is 11.1 Å². The average Bonchev–Trinajstić information content (AvgIpc) is 2.97. The minimum atomic E-state index is -0.127. The maximum absolute atomic E-state index is 11.9. The van der Waals surface area contributed by atoms with Crippen molar-refractivity contribution < 1.29 is 4.79 Å². The highest BCUT2D eigenvalue weighted by atomic mass is 32.1. The molecule has 0 saturated heterocycles. The van der Waals surface area contributed by atoms with Crippen molar-refractivity contribution in [3.05, 3.63) is 42.0 Å². The van der Waals surface area contributed by atoms with Crippen LogP contribution in [0, 0.1) is 0 Å². The van der Waals surface area contributed by atoms with Gasteiger partial charge >= 0.3 is 0 Å². The van der Waals surface area contributed by atoms with Crippen LogP contribution in [0.3, 0.4) is 0 Å². The molecular formula is C13H12N4OS. The first-order chi connectivity index (χ1) is 9.20. The number of benzene rings is 1. The van der Waals surface area contributed by atoms with E-state index in [9.17, 15) is 4.79 Å². The molecule has 2 heterocycles. The van der Waals surface area contributed by atoms with E-state index in [2.05, 4.69) is 10.4 Å². The normalized spacial score (nSPS) is 10.7. The second-order valence-electron chi connectivity index (χ2n) is 4.19. The summed E-state index contributed by atoms with van der Waals surface area (Å²) in [6.07, 6.45) is 3.15. The molecule has 0 aliphatic heterocycles. The van der Waals surface area contributed by atoms with Crippen molar-refractivity contribution in [3.8, 4) is 0 Å². The van der Waals surface area contributed by atoms with E-state index in [4.69, 9.17) is 5.73 Å². The number of amides is 1. The van der Waals surface area contributed by atoms with Crippen molar-refractivity contribution in [1.29, 1.82) is 0 Å². The van der Waals surface area contributed by atoms with Gasteiger partial charge in [-0.25, -0.2) is 0 Å². The van der Waals surface area contributed by atoms with Crippen LogP contribution in [0.2, 0.25) is 0 Å². The van der Waals surface area contributed by atoms with Crippen LogP contribution in [0.5, 0.6) is 0 Å². The third-order valence-corrected chi connectivity index (χ3v) is 3.59. The van der Waals surface area contributed by atoms with E-state index >= 15 is 0 Å². The number of carbonyl (C=O) groups excluding carboxylic acids is 1. The van der Waals surface area contributed by atoms with Crippen molar-refractivity contribution in [2.24, 2.45) is 0 Å². The molecule has 3 aromatic rings. The van der Waals surface area contributed by atoms with Crippen LogP contribution >= 0.6 is 11.3 Å². The Morgan fingerprint density at radius 3 is 3.11 bits per heavy atom. The summed E-state index contributed by atoms with van der Waals surface area (Å²) in [5.41, 5.74) is 6.88. The number of fused-ring (bicyclic) bond motifs is 1. The van der Waals surface area contributed by atoms with E-state index in [1.807, 2.05) is 29.6 Å². The van der Waals surface area contributed by atoms with Crippen LogP contribution in [0.1, 0.15) is 0 Å². The zero-order valence-corrected chi connectivity index (χ0v) is 10.9. The quantitative estimate of drug-likeness (QED) is 0.768. The number of aromatic nitrogens is 2. The van der Waals surface area contributed by atoms with Crippen molar-refractivity contribution in [2.45, 2.75) is 6.54 Å². The summed E-state index contributed by atoms with van der Waals surface area (Å²) >= 11 is 1.68. The molecule has 96 valence electrons. The molecule has 3 N–H and O–H groups in total. The van der Waals surface area contributed by atoms with Gasteiger partial charge in [0.05, 0.1) is 11.9 Å². The number of nitrogens with zero attached hydrogens (tertiary/aromatic N) is 2. The highest BCUT2D eigenvalue weighted by Gasteiger charge is 2.05. The fourth-order valence-corrected chi connectivity index (χ4v) is 2.63. The van der Waals surface area contributed by atoms with Gasteiger partial charge in [0.25, 0.3) is 0 Å². The van der Waals surface area contributed by atoms with Gasteiger partial charge in [-0.2, -0.15) is 5.10 Å². The Labute approximate surface area is 113 Å². The Hall–Kier alpha value is -2.34. The molecule has 3 rings (SSSR count). The monoisotopic (exact) mass is 272 g/mol. The lowest BCUT2D eigenvalue weighted by molar-refractivity contribution is -0.116. The number of carbonyl (C=O) groups is 1. The molecule has 0 radical (unpaired) electrons. The standard InChI is InChI=1S/C13H12N4OS/c14-10-6-15-17(7-10)8-13(18)16-11-1-2-12-9(5-11)3-4-19-12/h1-7H,8,14H2,(H,16,18). The number of hydrogen-bond donors (Lipinski definition) is 2. The zero-order valence-electron chi connectivity index (χ0n) is 10.0. The molecule has 6 heteroatoms. The molecule has 0 atom stereocenters. The molecule has 0 aliphatic rings. The number of rotatable bonds is 3. The van der Waals surface area contributed by atoms with Gasteiger partial charge < -0.3 is 11.1 Å². The Balaban J connectivity index is 1.71. The molecule has 2 aromatic heterocycles. The van der Waals surface area contributed by atoms with Crippen LogP contribution in [-0.2, 0) is 11.3 Å². The van der Waals surface area contributed by atoms with E-state index < -0.39 is 0 Å². The molecule has 1 amide bonds. The predicted octanol–water partition coefficient (Wildman–Crippen LogP) is 2.32. The highest BCUT2D eigenvalue weighted by Crippen LogP contribution is 2.23.